The van der Waals surface area contributed by atoms with Crippen molar-refractivity contribution in [2.75, 3.05) is 5.73 Å². The molecule has 0 amide bonds. The first-order valence-electron chi connectivity index (χ1n) is 5.93. The highest BCUT2D eigenvalue weighted by molar-refractivity contribution is 7.99. The zero-order valence-corrected chi connectivity index (χ0v) is 12.3. The summed E-state index contributed by atoms with van der Waals surface area (Å²) in [6.45, 7) is 4.39. The topological polar surface area (TPSA) is 79.0 Å². The third-order valence-corrected chi connectivity index (χ3v) is 5.76. The summed E-state index contributed by atoms with van der Waals surface area (Å²) in [5.41, 5.74) is 8.37. The van der Waals surface area contributed by atoms with Gasteiger partial charge in [0.2, 0.25) is 0 Å². The average molecular weight is 293 g/mol. The quantitative estimate of drug-likeness (QED) is 0.867. The highest BCUT2D eigenvalue weighted by atomic mass is 32.2. The molecule has 2 N–H and O–H groups in total. The van der Waals surface area contributed by atoms with E-state index in [1.807, 2.05) is 17.8 Å². The number of aromatic carboxylic acids is 1. The van der Waals surface area contributed by atoms with Crippen LogP contribution in [0, 0.1) is 0 Å². The number of carbonyl (C=O) groups is 1. The molecule has 0 saturated heterocycles. The summed E-state index contributed by atoms with van der Waals surface area (Å²) in [5.74, 6) is -0.338. The number of aromatic nitrogens is 1. The zero-order chi connectivity index (χ0) is 13.8. The molecular formula is C13H13N2O2S2-. The molecule has 0 bridgehead atoms. The Balaban J connectivity index is 2.20. The number of fused-ring (bicyclic) bond motifs is 2. The number of pyridine rings is 1. The van der Waals surface area contributed by atoms with Gasteiger partial charge in [-0.2, -0.15) is 11.8 Å². The molecule has 4 nitrogen and oxygen atoms in total. The number of hydrogen-bond donors (Lipinski definition) is 1. The maximum Gasteiger partial charge on any atom is 0.126 e. The number of anilines is 1. The highest BCUT2D eigenvalue weighted by Gasteiger charge is 2.28. The number of thioether (sulfide) groups is 1. The van der Waals surface area contributed by atoms with Gasteiger partial charge in [0.25, 0.3) is 0 Å². The van der Waals surface area contributed by atoms with Crippen molar-refractivity contribution in [1.82, 2.24) is 4.98 Å². The van der Waals surface area contributed by atoms with Crippen LogP contribution in [0.3, 0.4) is 0 Å². The lowest BCUT2D eigenvalue weighted by molar-refractivity contribution is -0.254. The number of rotatable bonds is 1. The lowest BCUT2D eigenvalue weighted by atomic mass is 10.0. The van der Waals surface area contributed by atoms with Crippen LogP contribution in [-0.4, -0.2) is 15.7 Å². The summed E-state index contributed by atoms with van der Waals surface area (Å²) in [6.07, 6.45) is 0.890. The zero-order valence-electron chi connectivity index (χ0n) is 10.6. The van der Waals surface area contributed by atoms with Crippen molar-refractivity contribution in [3.05, 3.63) is 22.2 Å². The summed E-state index contributed by atoms with van der Waals surface area (Å²) in [7, 11) is 0. The molecule has 1 aliphatic heterocycles. The highest BCUT2D eigenvalue weighted by Crippen LogP contribution is 2.41. The molecule has 0 fully saturated rings. The van der Waals surface area contributed by atoms with Gasteiger partial charge in [0, 0.05) is 28.0 Å². The Morgan fingerprint density at radius 1 is 1.53 bits per heavy atom. The van der Waals surface area contributed by atoms with Crippen LogP contribution >= 0.6 is 23.1 Å². The van der Waals surface area contributed by atoms with Crippen LogP contribution in [0.1, 0.15) is 34.8 Å². The number of nitrogen functional groups attached to an aromatic ring is 1. The maximum atomic E-state index is 11.0. The second-order valence-corrected chi connectivity index (χ2v) is 7.99. The molecule has 0 aromatic carbocycles. The van der Waals surface area contributed by atoms with Crippen LogP contribution < -0.4 is 10.8 Å². The molecule has 0 unspecified atom stereocenters. The van der Waals surface area contributed by atoms with Gasteiger partial charge in [-0.25, -0.2) is 4.98 Å². The minimum absolute atomic E-state index is 0.0803. The van der Waals surface area contributed by atoms with E-state index in [4.69, 9.17) is 5.73 Å². The van der Waals surface area contributed by atoms with Crippen LogP contribution in [0.15, 0.2) is 6.07 Å². The number of hydrogen-bond acceptors (Lipinski definition) is 6. The molecule has 1 aliphatic rings. The Hall–Kier alpha value is -1.27. The monoisotopic (exact) mass is 293 g/mol. The van der Waals surface area contributed by atoms with Crippen molar-refractivity contribution < 1.29 is 9.90 Å². The van der Waals surface area contributed by atoms with Gasteiger partial charge < -0.3 is 15.6 Å². The van der Waals surface area contributed by atoms with E-state index in [9.17, 15) is 9.90 Å². The van der Waals surface area contributed by atoms with E-state index in [-0.39, 0.29) is 15.3 Å². The molecule has 3 heterocycles. The normalized spacial score (nSPS) is 17.4. The van der Waals surface area contributed by atoms with E-state index in [1.165, 1.54) is 0 Å². The van der Waals surface area contributed by atoms with Gasteiger partial charge in [0.15, 0.2) is 0 Å². The Labute approximate surface area is 119 Å². The fraction of sp³-hybridized carbons (Fsp3) is 0.385. The van der Waals surface area contributed by atoms with Crippen LogP contribution in [-0.2, 0) is 12.2 Å². The summed E-state index contributed by atoms with van der Waals surface area (Å²) in [4.78, 5) is 16.4. The molecule has 0 spiro atoms. The van der Waals surface area contributed by atoms with Gasteiger partial charge in [-0.15, -0.1) is 11.3 Å². The van der Waals surface area contributed by atoms with Gasteiger partial charge in [0.05, 0.1) is 16.5 Å². The largest absolute Gasteiger partial charge is 0.544 e. The molecular weight excluding hydrogens is 280 g/mol. The second kappa shape index (κ2) is 4.11. The molecule has 2 aromatic rings. The smallest absolute Gasteiger partial charge is 0.126 e. The Morgan fingerprint density at radius 3 is 2.95 bits per heavy atom. The van der Waals surface area contributed by atoms with Crippen molar-refractivity contribution in [2.45, 2.75) is 30.8 Å². The van der Waals surface area contributed by atoms with Crippen LogP contribution in [0.2, 0.25) is 0 Å². The van der Waals surface area contributed by atoms with Gasteiger partial charge in [-0.3, -0.25) is 0 Å². The third-order valence-electron chi connectivity index (χ3n) is 3.29. The standard InChI is InChI=1S/C13H14N2O2S2/c1-13(2)4-8-6(5-18-13)3-7-9(14)10(12(16)17)19-11(7)15-8/h3H,4-5,14H2,1-2H3,(H,16,17)/p-1. The Morgan fingerprint density at radius 2 is 2.26 bits per heavy atom. The van der Waals surface area contributed by atoms with Crippen molar-refractivity contribution in [2.24, 2.45) is 0 Å². The van der Waals surface area contributed by atoms with Crippen molar-refractivity contribution >= 4 is 45.0 Å². The molecule has 100 valence electrons. The first kappa shape index (κ1) is 12.7. The predicted molar refractivity (Wildman–Crippen MR) is 77.4 cm³/mol. The maximum absolute atomic E-state index is 11.0. The van der Waals surface area contributed by atoms with Gasteiger partial charge >= 0.3 is 0 Å². The molecule has 0 saturated carbocycles. The second-order valence-electron chi connectivity index (χ2n) is 5.30. The lowest BCUT2D eigenvalue weighted by Crippen LogP contribution is -2.24. The first-order chi connectivity index (χ1) is 8.87. The van der Waals surface area contributed by atoms with E-state index in [1.54, 1.807) is 0 Å². The summed E-state index contributed by atoms with van der Waals surface area (Å²) < 4.78 is 0.174. The first-order valence-corrected chi connectivity index (χ1v) is 7.74. The number of carbonyl (C=O) groups excluding carboxylic acids is 1. The van der Waals surface area contributed by atoms with Gasteiger partial charge in [0.1, 0.15) is 4.83 Å². The number of nitrogens with two attached hydrogens (primary N) is 1. The summed E-state index contributed by atoms with van der Waals surface area (Å²) in [6, 6.07) is 1.98. The Bertz CT molecular complexity index is 691. The minimum Gasteiger partial charge on any atom is -0.544 e. The van der Waals surface area contributed by atoms with Gasteiger partial charge in [-0.1, -0.05) is 13.8 Å². The third kappa shape index (κ3) is 2.08. The van der Waals surface area contributed by atoms with Crippen molar-refractivity contribution in [3.8, 4) is 0 Å². The Kier molecular flexibility index (Phi) is 2.76. The van der Waals surface area contributed by atoms with E-state index in [2.05, 4.69) is 18.8 Å². The van der Waals surface area contributed by atoms with Gasteiger partial charge in [-0.05, 0) is 11.6 Å². The minimum atomic E-state index is -1.23. The molecule has 3 rings (SSSR count). The van der Waals surface area contributed by atoms with E-state index < -0.39 is 5.97 Å². The average Bonchev–Trinajstić information content (AvgIpc) is 2.63. The number of nitrogens with zero attached hydrogens (tertiary/aromatic N) is 1. The van der Waals surface area contributed by atoms with Crippen LogP contribution in [0.25, 0.3) is 10.2 Å². The number of carboxylic acids is 1. The van der Waals surface area contributed by atoms with Crippen LogP contribution in [0.5, 0.6) is 0 Å². The van der Waals surface area contributed by atoms with Crippen molar-refractivity contribution in [3.63, 3.8) is 0 Å². The lowest BCUT2D eigenvalue weighted by Gasteiger charge is -2.29. The van der Waals surface area contributed by atoms with Crippen LogP contribution in [0.4, 0.5) is 5.69 Å². The summed E-state index contributed by atoms with van der Waals surface area (Å²) >= 11 is 2.98. The SMILES string of the molecule is CC1(C)Cc2nc3sc(C(=O)[O-])c(N)c3cc2CS1. The summed E-state index contributed by atoms with van der Waals surface area (Å²) in [5, 5.41) is 11.7. The van der Waals surface area contributed by atoms with E-state index in [0.29, 0.717) is 4.83 Å². The molecule has 2 aromatic heterocycles. The molecule has 0 radical (unpaired) electrons. The number of thiophene rings is 1. The van der Waals surface area contributed by atoms with E-state index >= 15 is 0 Å². The molecule has 0 aliphatic carbocycles. The molecule has 0 atom stereocenters. The fourth-order valence-corrected chi connectivity index (χ4v) is 4.24. The predicted octanol–water partition coefficient (Wildman–Crippen LogP) is 1.81. The molecule has 6 heteroatoms. The number of carboxylic acid groups (broad SMARTS) is 1. The van der Waals surface area contributed by atoms with E-state index in [0.717, 1.165) is 40.2 Å². The van der Waals surface area contributed by atoms with Crippen molar-refractivity contribution in [1.29, 1.82) is 0 Å². The molecule has 19 heavy (non-hydrogen) atoms. The fourth-order valence-electron chi connectivity index (χ4n) is 2.28.